The molecule has 0 spiro atoms. The third kappa shape index (κ3) is 3.71. The first-order chi connectivity index (χ1) is 9.12. The lowest BCUT2D eigenvalue weighted by atomic mass is 9.99. The number of nitrogens with zero attached hydrogens (tertiary/aromatic N) is 1. The lowest BCUT2D eigenvalue weighted by molar-refractivity contribution is -0.125. The van der Waals surface area contributed by atoms with Crippen molar-refractivity contribution in [3.63, 3.8) is 0 Å². The number of carbonyl (C=O) groups is 1. The van der Waals surface area contributed by atoms with Gasteiger partial charge in [0.05, 0.1) is 23.6 Å². The molecule has 6 nitrogen and oxygen atoms in total. The van der Waals surface area contributed by atoms with E-state index in [-0.39, 0.29) is 23.0 Å². The lowest BCUT2D eigenvalue weighted by Gasteiger charge is -2.42. The topological polar surface area (TPSA) is 78.5 Å². The van der Waals surface area contributed by atoms with Crippen LogP contribution in [0.2, 0.25) is 0 Å². The molecule has 2 saturated heterocycles. The highest BCUT2D eigenvalue weighted by atomic mass is 32.2. The van der Waals surface area contributed by atoms with Gasteiger partial charge in [0, 0.05) is 25.2 Å². The van der Waals surface area contributed by atoms with Gasteiger partial charge in [0.15, 0.2) is 9.84 Å². The molecule has 0 bridgehead atoms. The maximum atomic E-state index is 12.2. The zero-order chi connectivity index (χ0) is 15.0. The predicted octanol–water partition coefficient (Wildman–Crippen LogP) is -0.636. The van der Waals surface area contributed by atoms with Crippen molar-refractivity contribution < 1.29 is 13.2 Å². The van der Waals surface area contributed by atoms with Gasteiger partial charge >= 0.3 is 0 Å². The van der Waals surface area contributed by atoms with E-state index in [1.807, 2.05) is 6.92 Å². The molecule has 2 aliphatic rings. The monoisotopic (exact) mass is 303 g/mol. The van der Waals surface area contributed by atoms with Crippen LogP contribution in [0.25, 0.3) is 0 Å². The lowest BCUT2D eigenvalue weighted by Crippen LogP contribution is -2.61. The molecule has 2 N–H and O–H groups in total. The van der Waals surface area contributed by atoms with Crippen LogP contribution in [0.1, 0.15) is 27.2 Å². The van der Waals surface area contributed by atoms with E-state index in [2.05, 4.69) is 29.4 Å². The average Bonchev–Trinajstić information content (AvgIpc) is 2.55. The third-order valence-corrected chi connectivity index (χ3v) is 6.15. The second-order valence-corrected chi connectivity index (χ2v) is 9.05. The molecule has 2 aliphatic heterocycles. The summed E-state index contributed by atoms with van der Waals surface area (Å²) >= 11 is 0. The minimum Gasteiger partial charge on any atom is -0.349 e. The Morgan fingerprint density at radius 2 is 2.05 bits per heavy atom. The molecule has 2 rings (SSSR count). The summed E-state index contributed by atoms with van der Waals surface area (Å²) < 4.78 is 23.1. The Morgan fingerprint density at radius 1 is 1.35 bits per heavy atom. The van der Waals surface area contributed by atoms with E-state index in [0.29, 0.717) is 13.0 Å². The fraction of sp³-hybridized carbons (Fsp3) is 0.923. The molecule has 0 aromatic heterocycles. The first-order valence-corrected chi connectivity index (χ1v) is 8.91. The second-order valence-electron chi connectivity index (χ2n) is 6.86. The van der Waals surface area contributed by atoms with Gasteiger partial charge < -0.3 is 10.6 Å². The summed E-state index contributed by atoms with van der Waals surface area (Å²) in [6.45, 7) is 8.91. The SMILES string of the molecule is CC1(NC(=O)CN2CCNCC2(C)C)CCS(=O)(=O)C1. The first kappa shape index (κ1) is 15.7. The van der Waals surface area contributed by atoms with Gasteiger partial charge in [-0.05, 0) is 27.2 Å². The molecular formula is C13H25N3O3S. The summed E-state index contributed by atoms with van der Waals surface area (Å²) in [6, 6.07) is 0. The Morgan fingerprint density at radius 3 is 2.60 bits per heavy atom. The summed E-state index contributed by atoms with van der Waals surface area (Å²) in [5, 5.41) is 6.23. The van der Waals surface area contributed by atoms with E-state index in [9.17, 15) is 13.2 Å². The number of hydrogen-bond acceptors (Lipinski definition) is 5. The Labute approximate surface area is 121 Å². The average molecular weight is 303 g/mol. The van der Waals surface area contributed by atoms with Crippen LogP contribution in [-0.4, -0.2) is 68.0 Å². The van der Waals surface area contributed by atoms with Crippen LogP contribution in [0.4, 0.5) is 0 Å². The number of carbonyl (C=O) groups excluding carboxylic acids is 1. The predicted molar refractivity (Wildman–Crippen MR) is 78.3 cm³/mol. The summed E-state index contributed by atoms with van der Waals surface area (Å²) in [5.41, 5.74) is -0.660. The molecule has 0 saturated carbocycles. The number of rotatable bonds is 3. The summed E-state index contributed by atoms with van der Waals surface area (Å²) in [7, 11) is -2.99. The van der Waals surface area contributed by atoms with Gasteiger partial charge in [-0.3, -0.25) is 9.69 Å². The molecular weight excluding hydrogens is 278 g/mol. The molecule has 0 aromatic rings. The fourth-order valence-corrected chi connectivity index (χ4v) is 5.07. The largest absolute Gasteiger partial charge is 0.349 e. The minimum atomic E-state index is -2.99. The third-order valence-electron chi connectivity index (χ3n) is 4.25. The van der Waals surface area contributed by atoms with E-state index >= 15 is 0 Å². The van der Waals surface area contributed by atoms with Gasteiger partial charge in [-0.15, -0.1) is 0 Å². The summed E-state index contributed by atoms with van der Waals surface area (Å²) in [4.78, 5) is 14.3. The highest BCUT2D eigenvalue weighted by molar-refractivity contribution is 7.91. The summed E-state index contributed by atoms with van der Waals surface area (Å²) in [5.74, 6) is 0.138. The van der Waals surface area contributed by atoms with Crippen molar-refractivity contribution in [1.29, 1.82) is 0 Å². The highest BCUT2D eigenvalue weighted by Crippen LogP contribution is 2.23. The molecule has 0 aromatic carbocycles. The molecule has 1 amide bonds. The number of nitrogens with one attached hydrogen (secondary N) is 2. The Balaban J connectivity index is 1.93. The molecule has 0 aliphatic carbocycles. The number of piperazine rings is 1. The summed E-state index contributed by atoms with van der Waals surface area (Å²) in [6.07, 6.45) is 0.506. The van der Waals surface area contributed by atoms with E-state index in [4.69, 9.17) is 0 Å². The van der Waals surface area contributed by atoms with Crippen LogP contribution < -0.4 is 10.6 Å². The van der Waals surface area contributed by atoms with Crippen LogP contribution in [0.3, 0.4) is 0 Å². The van der Waals surface area contributed by atoms with Crippen molar-refractivity contribution in [2.75, 3.05) is 37.7 Å². The minimum absolute atomic E-state index is 0.0523. The van der Waals surface area contributed by atoms with Gasteiger partial charge in [-0.1, -0.05) is 0 Å². The van der Waals surface area contributed by atoms with E-state index in [1.165, 1.54) is 0 Å². The van der Waals surface area contributed by atoms with Crippen LogP contribution >= 0.6 is 0 Å². The normalized spacial score (nSPS) is 33.0. The second kappa shape index (κ2) is 5.27. The van der Waals surface area contributed by atoms with E-state index < -0.39 is 15.4 Å². The first-order valence-electron chi connectivity index (χ1n) is 7.09. The Kier molecular flexibility index (Phi) is 4.15. The van der Waals surface area contributed by atoms with Crippen molar-refractivity contribution in [2.45, 2.75) is 38.3 Å². The molecule has 1 unspecified atom stereocenters. The molecule has 2 fully saturated rings. The molecule has 2 heterocycles. The quantitative estimate of drug-likeness (QED) is 0.725. The standard InChI is InChI=1S/C13H25N3O3S/c1-12(2)9-14-5-6-16(12)8-11(17)15-13(3)4-7-20(18,19)10-13/h14H,4-10H2,1-3H3,(H,15,17). The zero-order valence-electron chi connectivity index (χ0n) is 12.5. The van der Waals surface area contributed by atoms with Gasteiger partial charge in [0.25, 0.3) is 0 Å². The maximum Gasteiger partial charge on any atom is 0.234 e. The zero-order valence-corrected chi connectivity index (χ0v) is 13.3. The number of amides is 1. The highest BCUT2D eigenvalue weighted by Gasteiger charge is 2.40. The van der Waals surface area contributed by atoms with Crippen molar-refractivity contribution >= 4 is 15.7 Å². The van der Waals surface area contributed by atoms with Crippen molar-refractivity contribution in [1.82, 2.24) is 15.5 Å². The van der Waals surface area contributed by atoms with E-state index in [0.717, 1.165) is 19.6 Å². The van der Waals surface area contributed by atoms with Gasteiger partial charge in [-0.25, -0.2) is 8.42 Å². The fourth-order valence-electron chi connectivity index (χ4n) is 2.97. The molecule has 7 heteroatoms. The van der Waals surface area contributed by atoms with Crippen LogP contribution in [0, 0.1) is 0 Å². The van der Waals surface area contributed by atoms with Crippen molar-refractivity contribution in [3.05, 3.63) is 0 Å². The number of sulfone groups is 1. The van der Waals surface area contributed by atoms with Crippen molar-refractivity contribution in [2.24, 2.45) is 0 Å². The van der Waals surface area contributed by atoms with Gasteiger partial charge in [0.1, 0.15) is 0 Å². The molecule has 0 radical (unpaired) electrons. The van der Waals surface area contributed by atoms with Gasteiger partial charge in [0.2, 0.25) is 5.91 Å². The molecule has 20 heavy (non-hydrogen) atoms. The molecule has 116 valence electrons. The van der Waals surface area contributed by atoms with Crippen LogP contribution in [0.5, 0.6) is 0 Å². The van der Waals surface area contributed by atoms with Crippen molar-refractivity contribution in [3.8, 4) is 0 Å². The smallest absolute Gasteiger partial charge is 0.234 e. The van der Waals surface area contributed by atoms with Crippen LogP contribution in [-0.2, 0) is 14.6 Å². The number of hydrogen-bond donors (Lipinski definition) is 2. The Bertz CT molecular complexity index is 489. The maximum absolute atomic E-state index is 12.2. The Hall–Kier alpha value is -0.660. The van der Waals surface area contributed by atoms with Crippen LogP contribution in [0.15, 0.2) is 0 Å². The molecule has 1 atom stereocenters. The van der Waals surface area contributed by atoms with E-state index in [1.54, 1.807) is 0 Å². The van der Waals surface area contributed by atoms with Gasteiger partial charge in [-0.2, -0.15) is 0 Å².